The second-order valence-corrected chi connectivity index (χ2v) is 4.77. The molecule has 0 saturated carbocycles. The molecule has 0 saturated heterocycles. The van der Waals surface area contributed by atoms with E-state index in [0.717, 1.165) is 0 Å². The van der Waals surface area contributed by atoms with Crippen LogP contribution < -0.4 is 14.2 Å². The number of hydrogen-bond acceptors (Lipinski definition) is 6. The smallest absolute Gasteiger partial charge is 0.338 e. The quantitative estimate of drug-likeness (QED) is 0.599. The number of ether oxygens (including phenoxy) is 4. The zero-order chi connectivity index (χ0) is 17.7. The second kappa shape index (κ2) is 7.50. The Bertz CT molecular complexity index is 766. The lowest BCUT2D eigenvalue weighted by atomic mass is 9.96. The number of benzene rings is 2. The summed E-state index contributed by atoms with van der Waals surface area (Å²) >= 11 is 0. The molecule has 0 amide bonds. The van der Waals surface area contributed by atoms with Crippen LogP contribution in [0, 0.1) is 0 Å². The fourth-order valence-corrected chi connectivity index (χ4v) is 2.34. The molecule has 24 heavy (non-hydrogen) atoms. The molecule has 0 heterocycles. The van der Waals surface area contributed by atoms with Crippen molar-refractivity contribution in [1.82, 2.24) is 0 Å². The van der Waals surface area contributed by atoms with Crippen LogP contribution in [0.3, 0.4) is 0 Å². The van der Waals surface area contributed by atoms with Crippen molar-refractivity contribution in [1.29, 1.82) is 0 Å². The van der Waals surface area contributed by atoms with Gasteiger partial charge in [-0.1, -0.05) is 12.1 Å². The first-order valence-electron chi connectivity index (χ1n) is 7.09. The number of esters is 1. The van der Waals surface area contributed by atoms with Gasteiger partial charge in [0, 0.05) is 6.07 Å². The Labute approximate surface area is 139 Å². The van der Waals surface area contributed by atoms with Crippen molar-refractivity contribution in [3.05, 3.63) is 53.1 Å². The summed E-state index contributed by atoms with van der Waals surface area (Å²) in [5.41, 5.74) is 0.466. The average Bonchev–Trinajstić information content (AvgIpc) is 2.65. The molecule has 2 rings (SSSR count). The van der Waals surface area contributed by atoms with E-state index >= 15 is 0 Å². The molecule has 6 nitrogen and oxygen atoms in total. The topological polar surface area (TPSA) is 71.1 Å². The lowest BCUT2D eigenvalue weighted by Gasteiger charge is -2.15. The largest absolute Gasteiger partial charge is 0.497 e. The molecular formula is C18H18O6. The highest BCUT2D eigenvalue weighted by atomic mass is 16.5. The van der Waals surface area contributed by atoms with Crippen LogP contribution in [-0.4, -0.2) is 40.2 Å². The predicted molar refractivity (Wildman–Crippen MR) is 87.3 cm³/mol. The lowest BCUT2D eigenvalue weighted by Crippen LogP contribution is -2.14. The van der Waals surface area contributed by atoms with Crippen molar-refractivity contribution in [2.45, 2.75) is 0 Å². The van der Waals surface area contributed by atoms with Crippen LogP contribution in [0.15, 0.2) is 36.4 Å². The number of ketones is 1. The fourth-order valence-electron chi connectivity index (χ4n) is 2.34. The van der Waals surface area contributed by atoms with E-state index in [-0.39, 0.29) is 16.9 Å². The third-order valence-electron chi connectivity index (χ3n) is 3.52. The highest BCUT2D eigenvalue weighted by Gasteiger charge is 2.26. The van der Waals surface area contributed by atoms with Crippen LogP contribution in [0.25, 0.3) is 0 Å². The first kappa shape index (κ1) is 17.3. The Morgan fingerprint density at radius 1 is 0.792 bits per heavy atom. The molecule has 0 radical (unpaired) electrons. The van der Waals surface area contributed by atoms with Gasteiger partial charge in [-0.05, 0) is 18.2 Å². The number of rotatable bonds is 6. The van der Waals surface area contributed by atoms with Crippen molar-refractivity contribution in [2.24, 2.45) is 0 Å². The van der Waals surface area contributed by atoms with Gasteiger partial charge < -0.3 is 18.9 Å². The Kier molecular flexibility index (Phi) is 5.42. The van der Waals surface area contributed by atoms with Gasteiger partial charge in [0.25, 0.3) is 0 Å². The van der Waals surface area contributed by atoms with Gasteiger partial charge in [-0.25, -0.2) is 4.79 Å². The number of carbonyl (C=O) groups excluding carboxylic acids is 2. The van der Waals surface area contributed by atoms with Crippen molar-refractivity contribution in [3.63, 3.8) is 0 Å². The van der Waals surface area contributed by atoms with Crippen molar-refractivity contribution >= 4 is 11.8 Å². The summed E-state index contributed by atoms with van der Waals surface area (Å²) in [5.74, 6) is -0.0801. The maximum atomic E-state index is 13.0. The maximum Gasteiger partial charge on any atom is 0.338 e. The molecule has 0 N–H and O–H groups in total. The monoisotopic (exact) mass is 330 g/mol. The Balaban J connectivity index is 2.71. The molecule has 0 spiro atoms. The zero-order valence-corrected chi connectivity index (χ0v) is 13.9. The summed E-state index contributed by atoms with van der Waals surface area (Å²) < 4.78 is 20.5. The molecule has 126 valence electrons. The van der Waals surface area contributed by atoms with E-state index < -0.39 is 11.8 Å². The molecule has 0 aliphatic rings. The zero-order valence-electron chi connectivity index (χ0n) is 13.9. The Morgan fingerprint density at radius 2 is 1.46 bits per heavy atom. The molecule has 0 atom stereocenters. The van der Waals surface area contributed by atoms with E-state index in [1.54, 1.807) is 24.3 Å². The van der Waals surface area contributed by atoms with Gasteiger partial charge in [0.2, 0.25) is 5.78 Å². The minimum absolute atomic E-state index is 0.0598. The molecule has 0 aliphatic heterocycles. The van der Waals surface area contributed by atoms with Crippen LogP contribution >= 0.6 is 0 Å². The minimum atomic E-state index is -0.662. The third kappa shape index (κ3) is 3.17. The van der Waals surface area contributed by atoms with Gasteiger partial charge in [-0.3, -0.25) is 4.79 Å². The number of methoxy groups -OCH3 is 4. The predicted octanol–water partition coefficient (Wildman–Crippen LogP) is 2.73. The summed E-state index contributed by atoms with van der Waals surface area (Å²) in [5, 5.41) is 0. The Hall–Kier alpha value is -3.02. The Morgan fingerprint density at radius 3 is 2.04 bits per heavy atom. The van der Waals surface area contributed by atoms with E-state index in [1.165, 1.54) is 40.6 Å². The van der Waals surface area contributed by atoms with Crippen molar-refractivity contribution in [3.8, 4) is 17.2 Å². The van der Waals surface area contributed by atoms with E-state index in [4.69, 9.17) is 18.9 Å². The number of carbonyl (C=O) groups is 2. The molecule has 2 aromatic rings. The number of hydrogen-bond donors (Lipinski definition) is 0. The van der Waals surface area contributed by atoms with Crippen LogP contribution in [0.1, 0.15) is 26.3 Å². The first-order chi connectivity index (χ1) is 11.6. The summed E-state index contributed by atoms with van der Waals surface area (Å²) in [7, 11) is 5.58. The van der Waals surface area contributed by atoms with Crippen molar-refractivity contribution < 1.29 is 28.5 Å². The molecule has 0 bridgehead atoms. The van der Waals surface area contributed by atoms with Gasteiger partial charge >= 0.3 is 5.97 Å². The van der Waals surface area contributed by atoms with Crippen LogP contribution in [-0.2, 0) is 4.74 Å². The summed E-state index contributed by atoms with van der Waals surface area (Å²) in [6.45, 7) is 0. The minimum Gasteiger partial charge on any atom is -0.497 e. The molecule has 2 aromatic carbocycles. The second-order valence-electron chi connectivity index (χ2n) is 4.77. The fraction of sp³-hybridized carbons (Fsp3) is 0.222. The highest BCUT2D eigenvalue weighted by Crippen LogP contribution is 2.33. The van der Waals surface area contributed by atoms with Gasteiger partial charge in [-0.15, -0.1) is 0 Å². The highest BCUT2D eigenvalue weighted by molar-refractivity contribution is 6.17. The van der Waals surface area contributed by atoms with E-state index in [2.05, 4.69) is 0 Å². The molecule has 0 aliphatic carbocycles. The maximum absolute atomic E-state index is 13.0. The lowest BCUT2D eigenvalue weighted by molar-refractivity contribution is 0.0596. The molecule has 0 unspecified atom stereocenters. The summed E-state index contributed by atoms with van der Waals surface area (Å²) in [6.07, 6.45) is 0. The molecular weight excluding hydrogens is 312 g/mol. The van der Waals surface area contributed by atoms with Crippen molar-refractivity contribution in [2.75, 3.05) is 28.4 Å². The molecule has 6 heteroatoms. The van der Waals surface area contributed by atoms with Gasteiger partial charge in [0.05, 0.1) is 45.1 Å². The van der Waals surface area contributed by atoms with Crippen LogP contribution in [0.2, 0.25) is 0 Å². The first-order valence-corrected chi connectivity index (χ1v) is 7.09. The van der Waals surface area contributed by atoms with Crippen LogP contribution in [0.4, 0.5) is 0 Å². The average molecular weight is 330 g/mol. The molecule has 0 fully saturated rings. The summed E-state index contributed by atoms with van der Waals surface area (Å²) in [4.78, 5) is 25.2. The SMILES string of the molecule is COC(=O)c1cc(OC)cc(OC)c1C(=O)c1ccccc1OC. The van der Waals surface area contributed by atoms with Gasteiger partial charge in [0.15, 0.2) is 0 Å². The van der Waals surface area contributed by atoms with E-state index in [0.29, 0.717) is 17.1 Å². The van der Waals surface area contributed by atoms with Gasteiger partial charge in [0.1, 0.15) is 17.2 Å². The van der Waals surface area contributed by atoms with Crippen LogP contribution in [0.5, 0.6) is 17.2 Å². The number of para-hydroxylation sites is 1. The van der Waals surface area contributed by atoms with Gasteiger partial charge in [-0.2, -0.15) is 0 Å². The molecule has 0 aromatic heterocycles. The summed E-state index contributed by atoms with van der Waals surface area (Å²) in [6, 6.07) is 9.73. The third-order valence-corrected chi connectivity index (χ3v) is 3.52. The standard InChI is InChI=1S/C18H18O6/c1-21-11-9-13(18(20)24-4)16(15(10-11)23-3)17(19)12-7-5-6-8-14(12)22-2/h5-10H,1-4H3. The van der Waals surface area contributed by atoms with E-state index in [9.17, 15) is 9.59 Å². The normalized spacial score (nSPS) is 10.0. The van der Waals surface area contributed by atoms with E-state index in [1.807, 2.05) is 0 Å².